The van der Waals surface area contributed by atoms with Crippen molar-refractivity contribution in [3.8, 4) is 11.3 Å². The average molecular weight is 241 g/mol. The third-order valence-electron chi connectivity index (χ3n) is 3.94. The van der Waals surface area contributed by atoms with Crippen LogP contribution in [0.2, 0.25) is 0 Å². The van der Waals surface area contributed by atoms with Crippen LogP contribution in [0.5, 0.6) is 0 Å². The van der Waals surface area contributed by atoms with Gasteiger partial charge in [-0.2, -0.15) is 5.10 Å². The van der Waals surface area contributed by atoms with Gasteiger partial charge in [-0.1, -0.05) is 12.1 Å². The Bertz CT molecular complexity index is 596. The molecule has 0 amide bonds. The molecule has 3 rings (SSSR count). The standard InChI is InChI=1S/C15H19N3/c1-10-14(18(2)17-15(10)16)13-8-7-11-5-3-4-6-12(11)9-13/h7-9H,3-6H2,1-2H3,(H2,16,17). The largest absolute Gasteiger partial charge is 0.382 e. The van der Waals surface area contributed by atoms with E-state index in [0.29, 0.717) is 5.82 Å². The first-order valence-corrected chi connectivity index (χ1v) is 6.58. The van der Waals surface area contributed by atoms with Crippen molar-refractivity contribution in [2.24, 2.45) is 7.05 Å². The van der Waals surface area contributed by atoms with Gasteiger partial charge in [-0.05, 0) is 49.8 Å². The molecule has 94 valence electrons. The van der Waals surface area contributed by atoms with Gasteiger partial charge in [0.2, 0.25) is 0 Å². The zero-order valence-corrected chi connectivity index (χ0v) is 11.0. The SMILES string of the molecule is Cc1c(N)nn(C)c1-c1ccc2c(c1)CCCC2. The summed E-state index contributed by atoms with van der Waals surface area (Å²) in [5.74, 6) is 0.630. The summed E-state index contributed by atoms with van der Waals surface area (Å²) in [6, 6.07) is 6.79. The molecule has 1 aliphatic rings. The number of fused-ring (bicyclic) bond motifs is 1. The molecular weight excluding hydrogens is 222 g/mol. The zero-order chi connectivity index (χ0) is 12.7. The van der Waals surface area contributed by atoms with Crippen LogP contribution in [0, 0.1) is 6.92 Å². The summed E-state index contributed by atoms with van der Waals surface area (Å²) in [5, 5.41) is 4.29. The number of nitrogens with zero attached hydrogens (tertiary/aromatic N) is 2. The van der Waals surface area contributed by atoms with Gasteiger partial charge in [0, 0.05) is 18.2 Å². The van der Waals surface area contributed by atoms with E-state index in [2.05, 4.69) is 23.3 Å². The van der Waals surface area contributed by atoms with Crippen LogP contribution >= 0.6 is 0 Å². The molecule has 0 fully saturated rings. The molecule has 2 aromatic rings. The maximum Gasteiger partial charge on any atom is 0.148 e. The predicted molar refractivity (Wildman–Crippen MR) is 74.4 cm³/mol. The van der Waals surface area contributed by atoms with Gasteiger partial charge in [-0.3, -0.25) is 4.68 Å². The average Bonchev–Trinajstić information content (AvgIpc) is 2.63. The van der Waals surface area contributed by atoms with Gasteiger partial charge in [0.25, 0.3) is 0 Å². The van der Waals surface area contributed by atoms with Crippen molar-refractivity contribution in [2.45, 2.75) is 32.6 Å². The molecule has 0 bridgehead atoms. The lowest BCUT2D eigenvalue weighted by molar-refractivity contribution is 0.685. The van der Waals surface area contributed by atoms with E-state index < -0.39 is 0 Å². The van der Waals surface area contributed by atoms with Crippen molar-refractivity contribution >= 4 is 5.82 Å². The Morgan fingerprint density at radius 1 is 1.17 bits per heavy atom. The highest BCUT2D eigenvalue weighted by atomic mass is 15.3. The van der Waals surface area contributed by atoms with Crippen LogP contribution in [0.4, 0.5) is 5.82 Å². The number of nitrogen functional groups attached to an aromatic ring is 1. The summed E-state index contributed by atoms with van der Waals surface area (Å²) in [7, 11) is 1.96. The highest BCUT2D eigenvalue weighted by Gasteiger charge is 2.15. The third-order valence-corrected chi connectivity index (χ3v) is 3.94. The van der Waals surface area contributed by atoms with Crippen LogP contribution in [-0.4, -0.2) is 9.78 Å². The lowest BCUT2D eigenvalue weighted by Crippen LogP contribution is -2.03. The minimum absolute atomic E-state index is 0.630. The second-order valence-electron chi connectivity index (χ2n) is 5.17. The van der Waals surface area contributed by atoms with Gasteiger partial charge in [0.1, 0.15) is 5.82 Å². The van der Waals surface area contributed by atoms with Crippen molar-refractivity contribution < 1.29 is 0 Å². The zero-order valence-electron chi connectivity index (χ0n) is 11.0. The Morgan fingerprint density at radius 2 is 1.89 bits per heavy atom. The minimum Gasteiger partial charge on any atom is -0.382 e. The molecule has 3 heteroatoms. The number of hydrogen-bond acceptors (Lipinski definition) is 2. The van der Waals surface area contributed by atoms with Crippen LogP contribution in [0.25, 0.3) is 11.3 Å². The summed E-state index contributed by atoms with van der Waals surface area (Å²) in [6.07, 6.45) is 5.06. The molecule has 18 heavy (non-hydrogen) atoms. The van der Waals surface area contributed by atoms with Gasteiger partial charge < -0.3 is 5.73 Å². The van der Waals surface area contributed by atoms with Crippen molar-refractivity contribution in [3.63, 3.8) is 0 Å². The van der Waals surface area contributed by atoms with E-state index >= 15 is 0 Å². The van der Waals surface area contributed by atoms with Gasteiger partial charge in [0.05, 0.1) is 5.69 Å². The first-order chi connectivity index (χ1) is 8.66. The van der Waals surface area contributed by atoms with Crippen LogP contribution in [0.1, 0.15) is 29.5 Å². The Morgan fingerprint density at radius 3 is 2.56 bits per heavy atom. The molecule has 0 saturated heterocycles. The molecule has 0 saturated carbocycles. The molecule has 1 aliphatic carbocycles. The molecule has 1 aromatic carbocycles. The van der Waals surface area contributed by atoms with Crippen molar-refractivity contribution in [1.82, 2.24) is 9.78 Å². The number of rotatable bonds is 1. The van der Waals surface area contributed by atoms with E-state index in [1.807, 2.05) is 18.7 Å². The summed E-state index contributed by atoms with van der Waals surface area (Å²) in [5.41, 5.74) is 12.3. The van der Waals surface area contributed by atoms with Gasteiger partial charge in [-0.15, -0.1) is 0 Å². The Labute approximate surface area is 108 Å². The van der Waals surface area contributed by atoms with E-state index in [9.17, 15) is 0 Å². The van der Waals surface area contributed by atoms with Crippen LogP contribution in [-0.2, 0) is 19.9 Å². The monoisotopic (exact) mass is 241 g/mol. The summed E-state index contributed by atoms with van der Waals surface area (Å²) in [6.45, 7) is 2.04. The molecule has 2 N–H and O–H groups in total. The smallest absolute Gasteiger partial charge is 0.148 e. The van der Waals surface area contributed by atoms with E-state index in [-0.39, 0.29) is 0 Å². The predicted octanol–water partition coefficient (Wildman–Crippen LogP) is 2.86. The number of benzene rings is 1. The quantitative estimate of drug-likeness (QED) is 0.834. The molecular formula is C15H19N3. The Balaban J connectivity index is 2.12. The molecule has 1 heterocycles. The summed E-state index contributed by atoms with van der Waals surface area (Å²) in [4.78, 5) is 0. The topological polar surface area (TPSA) is 43.8 Å². The van der Waals surface area contributed by atoms with Gasteiger partial charge in [0.15, 0.2) is 0 Å². The molecule has 0 spiro atoms. The van der Waals surface area contributed by atoms with Gasteiger partial charge in [-0.25, -0.2) is 0 Å². The lowest BCUT2D eigenvalue weighted by Gasteiger charge is -2.16. The van der Waals surface area contributed by atoms with Crippen molar-refractivity contribution in [3.05, 3.63) is 34.9 Å². The molecule has 0 atom stereocenters. The Kier molecular flexibility index (Phi) is 2.62. The number of nitrogens with two attached hydrogens (primary N) is 1. The fourth-order valence-electron chi connectivity index (χ4n) is 2.93. The number of aromatic nitrogens is 2. The molecule has 0 aliphatic heterocycles. The fraction of sp³-hybridized carbons (Fsp3) is 0.400. The number of aryl methyl sites for hydroxylation is 3. The highest BCUT2D eigenvalue weighted by molar-refractivity contribution is 5.69. The molecule has 3 nitrogen and oxygen atoms in total. The second-order valence-corrected chi connectivity index (χ2v) is 5.17. The van der Waals surface area contributed by atoms with E-state index in [4.69, 9.17) is 5.73 Å². The molecule has 1 aromatic heterocycles. The van der Waals surface area contributed by atoms with Crippen LogP contribution in [0.15, 0.2) is 18.2 Å². The van der Waals surface area contributed by atoms with E-state index in [1.165, 1.54) is 42.4 Å². The first kappa shape index (κ1) is 11.3. The third kappa shape index (κ3) is 1.70. The second kappa shape index (κ2) is 4.16. The van der Waals surface area contributed by atoms with Crippen molar-refractivity contribution in [1.29, 1.82) is 0 Å². The number of anilines is 1. The normalized spacial score (nSPS) is 14.6. The van der Waals surface area contributed by atoms with E-state index in [0.717, 1.165) is 11.3 Å². The lowest BCUT2D eigenvalue weighted by atomic mass is 9.89. The van der Waals surface area contributed by atoms with Crippen molar-refractivity contribution in [2.75, 3.05) is 5.73 Å². The summed E-state index contributed by atoms with van der Waals surface area (Å²) < 4.78 is 1.88. The first-order valence-electron chi connectivity index (χ1n) is 6.58. The van der Waals surface area contributed by atoms with E-state index in [1.54, 1.807) is 0 Å². The van der Waals surface area contributed by atoms with Crippen LogP contribution in [0.3, 0.4) is 0 Å². The minimum atomic E-state index is 0.630. The molecule has 0 radical (unpaired) electrons. The molecule has 0 unspecified atom stereocenters. The fourth-order valence-corrected chi connectivity index (χ4v) is 2.93. The number of hydrogen-bond donors (Lipinski definition) is 1. The Hall–Kier alpha value is -1.77. The van der Waals surface area contributed by atoms with Crippen LogP contribution < -0.4 is 5.73 Å². The van der Waals surface area contributed by atoms with Gasteiger partial charge >= 0.3 is 0 Å². The highest BCUT2D eigenvalue weighted by Crippen LogP contribution is 2.30. The maximum atomic E-state index is 5.88. The summed E-state index contributed by atoms with van der Waals surface area (Å²) >= 11 is 0. The maximum absolute atomic E-state index is 5.88.